The number of nitrogens with zero attached hydrogens (tertiary/aromatic N) is 3. The molecule has 0 atom stereocenters. The summed E-state index contributed by atoms with van der Waals surface area (Å²) in [6, 6.07) is 12.9. The van der Waals surface area contributed by atoms with Crippen molar-refractivity contribution in [1.29, 1.82) is 0 Å². The van der Waals surface area contributed by atoms with Crippen molar-refractivity contribution in [3.63, 3.8) is 0 Å². The van der Waals surface area contributed by atoms with Crippen molar-refractivity contribution < 1.29 is 13.7 Å². The van der Waals surface area contributed by atoms with Crippen LogP contribution in [-0.2, 0) is 17.6 Å². The second-order valence-electron chi connectivity index (χ2n) is 10.4. The number of hydrogen-bond acceptors (Lipinski definition) is 5. The van der Waals surface area contributed by atoms with Gasteiger partial charge in [-0.2, -0.15) is 4.98 Å². The average molecular weight is 539 g/mol. The molecule has 38 heavy (non-hydrogen) atoms. The van der Waals surface area contributed by atoms with E-state index in [0.717, 1.165) is 75.2 Å². The van der Waals surface area contributed by atoms with E-state index in [9.17, 15) is 9.18 Å². The lowest BCUT2D eigenvalue weighted by Gasteiger charge is -2.30. The van der Waals surface area contributed by atoms with E-state index in [2.05, 4.69) is 38.6 Å². The number of carbonyl (C=O) groups is 1. The van der Waals surface area contributed by atoms with Crippen LogP contribution in [0.4, 0.5) is 4.39 Å². The van der Waals surface area contributed by atoms with Crippen molar-refractivity contribution in [1.82, 2.24) is 20.4 Å². The zero-order valence-corrected chi connectivity index (χ0v) is 22.7. The third-order valence-electron chi connectivity index (χ3n) is 7.72. The van der Waals surface area contributed by atoms with Gasteiger partial charge in [-0.25, -0.2) is 4.39 Å². The van der Waals surface area contributed by atoms with Crippen LogP contribution in [0, 0.1) is 18.7 Å². The molecule has 0 bridgehead atoms. The van der Waals surface area contributed by atoms with E-state index < -0.39 is 0 Å². The first-order valence-corrected chi connectivity index (χ1v) is 13.4. The Morgan fingerprint density at radius 3 is 2.53 bits per heavy atom. The molecule has 0 saturated heterocycles. The number of aryl methyl sites for hydroxylation is 1. The van der Waals surface area contributed by atoms with Crippen LogP contribution < -0.4 is 5.32 Å². The molecule has 1 amide bonds. The van der Waals surface area contributed by atoms with Crippen LogP contribution in [0.1, 0.15) is 54.6 Å². The molecule has 0 radical (unpaired) electrons. The molecule has 1 aromatic heterocycles. The first kappa shape index (κ1) is 28.0. The molecular weight excluding hydrogens is 503 g/mol. The second-order valence-corrected chi connectivity index (χ2v) is 10.4. The quantitative estimate of drug-likeness (QED) is 0.386. The number of amides is 1. The standard InChI is InChI=1S/C30H35FN4O2.ClH/c1-21-32-30(37-34-21)26-8-7-24-15-18-35(19-16-25(24)20-26)17-14-23-4-11-28(12-5-23)33-29(36)13-6-22-2-9-27(31)10-3-22;/h2-3,6-10,13,20,23,28H,4-5,11-12,14-19H2,1H3,(H,33,36);1H/b13-6+;. The van der Waals surface area contributed by atoms with Gasteiger partial charge in [-0.1, -0.05) is 23.4 Å². The lowest BCUT2D eigenvalue weighted by atomic mass is 9.84. The molecule has 202 valence electrons. The first-order valence-electron chi connectivity index (χ1n) is 13.4. The van der Waals surface area contributed by atoms with E-state index >= 15 is 0 Å². The van der Waals surface area contributed by atoms with E-state index in [4.69, 9.17) is 4.52 Å². The molecule has 2 heterocycles. The van der Waals surface area contributed by atoms with Crippen LogP contribution in [0.3, 0.4) is 0 Å². The average Bonchev–Trinajstić information content (AvgIpc) is 3.24. The lowest BCUT2D eigenvalue weighted by molar-refractivity contribution is -0.117. The number of rotatable bonds is 7. The molecule has 0 spiro atoms. The van der Waals surface area contributed by atoms with Gasteiger partial charge in [0.2, 0.25) is 5.91 Å². The molecule has 2 aromatic carbocycles. The van der Waals surface area contributed by atoms with Gasteiger partial charge in [-0.15, -0.1) is 12.4 Å². The monoisotopic (exact) mass is 538 g/mol. The van der Waals surface area contributed by atoms with Gasteiger partial charge in [0.05, 0.1) is 0 Å². The maximum atomic E-state index is 13.0. The fourth-order valence-electron chi connectivity index (χ4n) is 5.50. The minimum absolute atomic E-state index is 0. The van der Waals surface area contributed by atoms with Crippen LogP contribution in [0.5, 0.6) is 0 Å². The van der Waals surface area contributed by atoms with Crippen LogP contribution in [0.2, 0.25) is 0 Å². The Labute approximate surface area is 230 Å². The van der Waals surface area contributed by atoms with Crippen molar-refractivity contribution in [3.8, 4) is 11.5 Å². The van der Waals surface area contributed by atoms with Gasteiger partial charge in [0.1, 0.15) is 5.82 Å². The molecule has 5 rings (SSSR count). The van der Waals surface area contributed by atoms with Gasteiger partial charge in [-0.3, -0.25) is 4.79 Å². The highest BCUT2D eigenvalue weighted by molar-refractivity contribution is 5.91. The summed E-state index contributed by atoms with van der Waals surface area (Å²) < 4.78 is 18.4. The SMILES string of the molecule is Cc1noc(-c2ccc3c(c2)CCN(CCC2CCC(NC(=O)/C=C/c4ccc(F)cc4)CC2)CC3)n1.Cl. The van der Waals surface area contributed by atoms with Gasteiger partial charge in [-0.05, 0) is 111 Å². The van der Waals surface area contributed by atoms with Crippen molar-refractivity contribution in [2.45, 2.75) is 57.9 Å². The molecule has 8 heteroatoms. The van der Waals surface area contributed by atoms with E-state index in [-0.39, 0.29) is 30.2 Å². The number of halogens is 2. The Morgan fingerprint density at radius 2 is 1.82 bits per heavy atom. The van der Waals surface area contributed by atoms with Crippen molar-refractivity contribution in [2.24, 2.45) is 5.92 Å². The van der Waals surface area contributed by atoms with Gasteiger partial charge >= 0.3 is 0 Å². The number of hydrogen-bond donors (Lipinski definition) is 1. The maximum absolute atomic E-state index is 13.0. The third-order valence-corrected chi connectivity index (χ3v) is 7.72. The second kappa shape index (κ2) is 13.2. The fourth-order valence-corrected chi connectivity index (χ4v) is 5.50. The first-order chi connectivity index (χ1) is 18.0. The predicted octanol–water partition coefficient (Wildman–Crippen LogP) is 5.79. The van der Waals surface area contributed by atoms with E-state index in [1.165, 1.54) is 29.7 Å². The smallest absolute Gasteiger partial charge is 0.257 e. The Bertz CT molecular complexity index is 1240. The summed E-state index contributed by atoms with van der Waals surface area (Å²) in [4.78, 5) is 19.3. The van der Waals surface area contributed by atoms with E-state index in [0.29, 0.717) is 11.7 Å². The highest BCUT2D eigenvalue weighted by Gasteiger charge is 2.23. The molecule has 3 aromatic rings. The zero-order valence-electron chi connectivity index (χ0n) is 21.9. The summed E-state index contributed by atoms with van der Waals surface area (Å²) in [6.07, 6.45) is 11.0. The summed E-state index contributed by atoms with van der Waals surface area (Å²) in [5, 5.41) is 7.05. The molecule has 1 fully saturated rings. The summed E-state index contributed by atoms with van der Waals surface area (Å²) in [5.41, 5.74) is 4.63. The normalized spacial score (nSPS) is 19.9. The molecule has 1 saturated carbocycles. The Morgan fingerprint density at radius 1 is 1.08 bits per heavy atom. The summed E-state index contributed by atoms with van der Waals surface area (Å²) >= 11 is 0. The van der Waals surface area contributed by atoms with Crippen molar-refractivity contribution >= 4 is 24.4 Å². The molecule has 1 aliphatic heterocycles. The zero-order chi connectivity index (χ0) is 25.6. The van der Waals surface area contributed by atoms with Crippen molar-refractivity contribution in [3.05, 3.63) is 76.9 Å². The predicted molar refractivity (Wildman–Crippen MR) is 150 cm³/mol. The van der Waals surface area contributed by atoms with Gasteiger partial charge in [0, 0.05) is 30.8 Å². The molecule has 1 N–H and O–H groups in total. The minimum atomic E-state index is -0.273. The van der Waals surface area contributed by atoms with E-state index in [1.807, 2.05) is 6.92 Å². The van der Waals surface area contributed by atoms with Gasteiger partial charge in [0.25, 0.3) is 5.89 Å². The molecule has 6 nitrogen and oxygen atoms in total. The number of carbonyl (C=O) groups excluding carboxylic acids is 1. The number of fused-ring (bicyclic) bond motifs is 1. The third kappa shape index (κ3) is 7.51. The lowest BCUT2D eigenvalue weighted by Crippen LogP contribution is -2.37. The topological polar surface area (TPSA) is 71.3 Å². The van der Waals surface area contributed by atoms with Crippen LogP contribution in [0.25, 0.3) is 17.5 Å². The van der Waals surface area contributed by atoms with Crippen molar-refractivity contribution in [2.75, 3.05) is 19.6 Å². The molecule has 0 unspecified atom stereocenters. The Balaban J connectivity index is 0.00000336. The summed E-state index contributed by atoms with van der Waals surface area (Å²) in [6.45, 7) is 5.14. The molecule has 1 aliphatic carbocycles. The van der Waals surface area contributed by atoms with Crippen LogP contribution in [0.15, 0.2) is 53.1 Å². The highest BCUT2D eigenvalue weighted by Crippen LogP contribution is 2.28. The Kier molecular flexibility index (Phi) is 9.69. The fraction of sp³-hybridized carbons (Fsp3) is 0.433. The summed E-state index contributed by atoms with van der Waals surface area (Å²) in [5.74, 6) is 1.63. The van der Waals surface area contributed by atoms with Gasteiger partial charge < -0.3 is 14.7 Å². The summed E-state index contributed by atoms with van der Waals surface area (Å²) in [7, 11) is 0. The highest BCUT2D eigenvalue weighted by atomic mass is 35.5. The maximum Gasteiger partial charge on any atom is 0.257 e. The Hall–Kier alpha value is -3.03. The number of benzene rings is 2. The number of nitrogens with one attached hydrogen (secondary N) is 1. The molecule has 2 aliphatic rings. The largest absolute Gasteiger partial charge is 0.350 e. The van der Waals surface area contributed by atoms with Gasteiger partial charge in [0.15, 0.2) is 5.82 Å². The minimum Gasteiger partial charge on any atom is -0.350 e. The van der Waals surface area contributed by atoms with Crippen LogP contribution >= 0.6 is 12.4 Å². The van der Waals surface area contributed by atoms with Crippen LogP contribution in [-0.4, -0.2) is 46.6 Å². The van der Waals surface area contributed by atoms with E-state index in [1.54, 1.807) is 24.3 Å². The molecular formula is C30H36ClFN4O2. The number of aromatic nitrogens is 2.